The lowest BCUT2D eigenvalue weighted by atomic mass is 9.80. The summed E-state index contributed by atoms with van der Waals surface area (Å²) in [5.41, 5.74) is 29.0. The fourth-order valence-electron chi connectivity index (χ4n) is 15.3. The summed E-state index contributed by atoms with van der Waals surface area (Å²) in [6, 6.07) is 98.0. The summed E-state index contributed by atoms with van der Waals surface area (Å²) in [7, 11) is 5.16. The molecule has 0 saturated heterocycles. The number of anilines is 12. The monoisotopic (exact) mass is 1240 g/mol. The van der Waals surface area contributed by atoms with Crippen molar-refractivity contribution in [2.45, 2.75) is 84.0 Å². The Bertz CT molecular complexity index is 4890. The van der Waals surface area contributed by atoms with Crippen molar-refractivity contribution in [2.24, 2.45) is 0 Å². The molecule has 0 spiro atoms. The van der Waals surface area contributed by atoms with Crippen molar-refractivity contribution < 1.29 is 14.2 Å². The molecular formula is C88H80N4O3. The van der Waals surface area contributed by atoms with Gasteiger partial charge in [0.1, 0.15) is 17.2 Å². The minimum absolute atomic E-state index is 0.0314. The fraction of sp³-hybridized carbons (Fsp3) is 0.182. The highest BCUT2D eigenvalue weighted by molar-refractivity contribution is 5.91. The third-order valence-corrected chi connectivity index (χ3v) is 20.5. The smallest absolute Gasteiger partial charge is 0.119 e. The van der Waals surface area contributed by atoms with Gasteiger partial charge in [0.15, 0.2) is 0 Å². The molecule has 15 rings (SSSR count). The van der Waals surface area contributed by atoms with Gasteiger partial charge in [-0.25, -0.2) is 0 Å². The first kappa shape index (κ1) is 60.5. The maximum Gasteiger partial charge on any atom is 0.119 e. The highest BCUT2D eigenvalue weighted by atomic mass is 16.5. The summed E-state index contributed by atoms with van der Waals surface area (Å²) in [5.74, 6) is 2.42. The van der Waals surface area contributed by atoms with E-state index >= 15 is 0 Å². The van der Waals surface area contributed by atoms with Crippen LogP contribution >= 0.6 is 0 Å². The predicted octanol–water partition coefficient (Wildman–Crippen LogP) is 23.8. The Hall–Kier alpha value is -10.8. The van der Waals surface area contributed by atoms with E-state index in [1.165, 1.54) is 72.3 Å². The van der Waals surface area contributed by atoms with E-state index in [4.69, 9.17) is 14.2 Å². The Labute approximate surface area is 560 Å². The van der Waals surface area contributed by atoms with Crippen molar-refractivity contribution in [2.75, 3.05) is 40.9 Å². The lowest BCUT2D eigenvalue weighted by Crippen LogP contribution is -2.17. The second kappa shape index (κ2) is 23.1. The Morgan fingerprint density at radius 2 is 0.474 bits per heavy atom. The molecule has 0 unspecified atom stereocenters. The summed E-state index contributed by atoms with van der Waals surface area (Å²) in [6.07, 6.45) is 0. The summed E-state index contributed by atoms with van der Waals surface area (Å²) >= 11 is 0. The average Bonchev–Trinajstić information content (AvgIpc) is 1.59. The van der Waals surface area contributed by atoms with Gasteiger partial charge < -0.3 is 33.8 Å². The first-order chi connectivity index (χ1) is 45.8. The van der Waals surface area contributed by atoms with E-state index in [0.29, 0.717) is 0 Å². The van der Waals surface area contributed by atoms with E-state index in [2.05, 4.69) is 312 Å². The molecule has 0 radical (unpaired) electrons. The molecule has 0 aromatic heterocycles. The second-order valence-electron chi connectivity index (χ2n) is 28.2. The lowest BCUT2D eigenvalue weighted by molar-refractivity contribution is 0.414. The number of benzene rings is 12. The normalized spacial score (nSPS) is 13.9. The van der Waals surface area contributed by atoms with Gasteiger partial charge in [0, 0.05) is 84.5 Å². The number of fused-ring (bicyclic) bond motifs is 9. The number of methoxy groups -OCH3 is 3. The molecule has 7 heteroatoms. The minimum Gasteiger partial charge on any atom is -0.497 e. The van der Waals surface area contributed by atoms with E-state index in [1.807, 2.05) is 36.4 Å². The summed E-state index contributed by atoms with van der Waals surface area (Å²) in [6.45, 7) is 21.0. The Kier molecular flexibility index (Phi) is 14.7. The largest absolute Gasteiger partial charge is 0.497 e. The minimum atomic E-state index is -0.204. The molecule has 0 atom stereocenters. The molecular weight excluding hydrogens is 1160 g/mol. The number of nitrogens with zero attached hydrogens (tertiary/aromatic N) is 4. The van der Waals surface area contributed by atoms with E-state index in [0.717, 1.165) is 85.5 Å². The molecule has 470 valence electrons. The van der Waals surface area contributed by atoms with E-state index in [9.17, 15) is 0 Å². The van der Waals surface area contributed by atoms with Crippen molar-refractivity contribution in [1.29, 1.82) is 0 Å². The van der Waals surface area contributed by atoms with E-state index in [1.54, 1.807) is 21.3 Å². The molecule has 95 heavy (non-hydrogen) atoms. The van der Waals surface area contributed by atoms with Gasteiger partial charge in [0.05, 0.1) is 21.3 Å². The van der Waals surface area contributed by atoms with E-state index < -0.39 is 0 Å². The van der Waals surface area contributed by atoms with Crippen LogP contribution in [0.25, 0.3) is 33.4 Å². The van der Waals surface area contributed by atoms with Crippen LogP contribution in [0.2, 0.25) is 0 Å². The van der Waals surface area contributed by atoms with Gasteiger partial charge in [-0.15, -0.1) is 0 Å². The van der Waals surface area contributed by atoms with Crippen LogP contribution in [0.1, 0.15) is 101 Å². The topological polar surface area (TPSA) is 40.7 Å². The maximum absolute atomic E-state index is 5.72. The van der Waals surface area contributed by atoms with Crippen LogP contribution in [0.3, 0.4) is 0 Å². The lowest BCUT2D eigenvalue weighted by Gasteiger charge is -2.31. The van der Waals surface area contributed by atoms with Gasteiger partial charge in [-0.2, -0.15) is 0 Å². The summed E-state index contributed by atoms with van der Waals surface area (Å²) in [4.78, 5) is 9.46. The molecule has 0 bridgehead atoms. The number of hydrogen-bond donors (Lipinski definition) is 0. The molecule has 0 amide bonds. The van der Waals surface area contributed by atoms with Gasteiger partial charge in [-0.3, -0.25) is 0 Å². The molecule has 0 heterocycles. The van der Waals surface area contributed by atoms with Crippen LogP contribution in [0, 0.1) is 0 Å². The molecule has 3 aliphatic rings. The van der Waals surface area contributed by atoms with Gasteiger partial charge in [-0.05, 0) is 260 Å². The van der Waals surface area contributed by atoms with Crippen LogP contribution < -0.4 is 33.8 Å². The van der Waals surface area contributed by atoms with Gasteiger partial charge >= 0.3 is 0 Å². The quantitative estimate of drug-likeness (QED) is 0.101. The zero-order valence-electron chi connectivity index (χ0n) is 56.4. The average molecular weight is 1240 g/mol. The van der Waals surface area contributed by atoms with Crippen LogP contribution in [0.4, 0.5) is 68.2 Å². The van der Waals surface area contributed by atoms with Crippen molar-refractivity contribution in [1.82, 2.24) is 0 Å². The Balaban J connectivity index is 0.853. The molecule has 0 N–H and O–H groups in total. The van der Waals surface area contributed by atoms with Crippen molar-refractivity contribution >= 4 is 68.2 Å². The number of rotatable bonds is 15. The molecule has 0 fully saturated rings. The zero-order chi connectivity index (χ0) is 65.7. The standard InChI is InChI=1S/C88H80N4O3/c1-85(2,3)57-21-51-81-77(53-57)76-50-41-69(56-84(76)88(81,8)9)92(66-38-47-72(95-12)48-39-66)63-32-26-60(27-33-63)89(58-22-28-61(29-23-58)90(64-34-43-70(93-10)44-35-64)67-42-52-82-78(54-67)74-18-14-16-20-80(74)86(82,4)5)59-24-30-62(31-25-59)91(65-36-45-71(94-11)46-37-65)68-40-49-75-73-17-13-15-19-79(73)87(6,7)83(75)55-68/h13-56H,1-12H3. The molecule has 0 saturated carbocycles. The zero-order valence-corrected chi connectivity index (χ0v) is 56.4. The van der Waals surface area contributed by atoms with Crippen LogP contribution in [-0.4, -0.2) is 21.3 Å². The molecule has 3 aliphatic carbocycles. The van der Waals surface area contributed by atoms with Gasteiger partial charge in [0.2, 0.25) is 0 Å². The third-order valence-electron chi connectivity index (χ3n) is 20.5. The predicted molar refractivity (Wildman–Crippen MR) is 396 cm³/mol. The van der Waals surface area contributed by atoms with E-state index in [-0.39, 0.29) is 21.7 Å². The summed E-state index contributed by atoms with van der Waals surface area (Å²) < 4.78 is 17.1. The molecule has 12 aromatic rings. The Morgan fingerprint density at radius 3 is 0.832 bits per heavy atom. The van der Waals surface area contributed by atoms with Crippen molar-refractivity contribution in [3.05, 3.63) is 306 Å². The highest BCUT2D eigenvalue weighted by Crippen LogP contribution is 2.55. The SMILES string of the molecule is COc1ccc(N(c2ccc(N(c3ccc(N(c4ccc(OC)cc4)c4ccc5c(c4)C(C)(C)c4ccccc4-5)cc3)c3ccc(N(c4ccc(OC)cc4)c4ccc5c(c4)C(C)(C)c4ccc(C(C)(C)C)cc4-5)cc3)cc2)c2ccc3c(c2)-c2ccccc2C3(C)C)cc1. The number of ether oxygens (including phenoxy) is 3. The van der Waals surface area contributed by atoms with Gasteiger partial charge in [0.25, 0.3) is 0 Å². The van der Waals surface area contributed by atoms with Crippen LogP contribution in [0.15, 0.2) is 267 Å². The van der Waals surface area contributed by atoms with Crippen molar-refractivity contribution in [3.8, 4) is 50.6 Å². The first-order valence-electron chi connectivity index (χ1n) is 33.1. The summed E-state index contributed by atoms with van der Waals surface area (Å²) in [5, 5.41) is 0. The van der Waals surface area contributed by atoms with Crippen LogP contribution in [0.5, 0.6) is 17.2 Å². The first-order valence-corrected chi connectivity index (χ1v) is 33.1. The molecule has 12 aromatic carbocycles. The second-order valence-corrected chi connectivity index (χ2v) is 28.2. The molecule has 0 aliphatic heterocycles. The highest BCUT2D eigenvalue weighted by Gasteiger charge is 2.39. The third kappa shape index (κ3) is 10.3. The van der Waals surface area contributed by atoms with Crippen molar-refractivity contribution in [3.63, 3.8) is 0 Å². The maximum atomic E-state index is 5.72. The van der Waals surface area contributed by atoms with Crippen LogP contribution in [-0.2, 0) is 21.7 Å². The fourth-order valence-corrected chi connectivity index (χ4v) is 15.3. The van der Waals surface area contributed by atoms with Gasteiger partial charge in [-0.1, -0.05) is 147 Å². The molecule has 7 nitrogen and oxygen atoms in total. The Morgan fingerprint density at radius 1 is 0.232 bits per heavy atom. The number of hydrogen-bond acceptors (Lipinski definition) is 7.